The molecule has 3 heterocycles. The van der Waals surface area contributed by atoms with Crippen LogP contribution in [-0.2, 0) is 0 Å². The van der Waals surface area contributed by atoms with Crippen LogP contribution in [0.15, 0.2) is 29.7 Å². The highest BCUT2D eigenvalue weighted by atomic mass is 16.1. The number of H-pyrrole nitrogens is 2. The van der Waals surface area contributed by atoms with Crippen molar-refractivity contribution in [3.8, 4) is 11.3 Å². The summed E-state index contributed by atoms with van der Waals surface area (Å²) in [6.45, 7) is 0. The number of aromatic amines is 2. The molecule has 0 saturated heterocycles. The highest BCUT2D eigenvalue weighted by Crippen LogP contribution is 2.15. The molecule has 0 saturated carbocycles. The average molecular weight is 202 g/mol. The Balaban J connectivity index is 2.39. The number of rotatable bonds is 1. The number of fused-ring (bicyclic) bond motifs is 1. The second-order valence-corrected chi connectivity index (χ2v) is 2.98. The molecule has 0 amide bonds. The molecule has 7 heteroatoms. The summed E-state index contributed by atoms with van der Waals surface area (Å²) < 4.78 is 1.48. The van der Waals surface area contributed by atoms with E-state index in [1.807, 2.05) is 0 Å². The summed E-state index contributed by atoms with van der Waals surface area (Å²) >= 11 is 0. The summed E-state index contributed by atoms with van der Waals surface area (Å²) in [6, 6.07) is 0. The molecule has 3 aromatic heterocycles. The van der Waals surface area contributed by atoms with Gasteiger partial charge in [0.05, 0.1) is 18.1 Å². The molecule has 3 rings (SSSR count). The van der Waals surface area contributed by atoms with Crippen LogP contribution in [0.3, 0.4) is 0 Å². The van der Waals surface area contributed by atoms with E-state index in [-0.39, 0.29) is 11.2 Å². The smallest absolute Gasteiger partial charge is 0.294 e. The Morgan fingerprint density at radius 2 is 2.27 bits per heavy atom. The van der Waals surface area contributed by atoms with Crippen LogP contribution in [0.1, 0.15) is 0 Å². The quantitative estimate of drug-likeness (QED) is 0.572. The normalized spacial score (nSPS) is 10.9. The summed E-state index contributed by atoms with van der Waals surface area (Å²) in [4.78, 5) is 17.8. The van der Waals surface area contributed by atoms with Gasteiger partial charge in [0.2, 0.25) is 5.65 Å². The molecule has 0 atom stereocenters. The second-order valence-electron chi connectivity index (χ2n) is 2.98. The Morgan fingerprint density at radius 3 is 3.07 bits per heavy atom. The Bertz CT molecular complexity index is 649. The van der Waals surface area contributed by atoms with E-state index in [0.29, 0.717) is 0 Å². The van der Waals surface area contributed by atoms with E-state index >= 15 is 0 Å². The van der Waals surface area contributed by atoms with E-state index in [1.165, 1.54) is 10.8 Å². The minimum atomic E-state index is -0.264. The number of hydrogen-bond acceptors (Lipinski definition) is 4. The van der Waals surface area contributed by atoms with Crippen molar-refractivity contribution in [3.05, 3.63) is 35.3 Å². The van der Waals surface area contributed by atoms with Crippen LogP contribution in [-0.4, -0.2) is 29.8 Å². The van der Waals surface area contributed by atoms with E-state index in [9.17, 15) is 4.79 Å². The van der Waals surface area contributed by atoms with Gasteiger partial charge in [0.1, 0.15) is 6.33 Å². The molecule has 2 N–H and O–H groups in total. The maximum Gasteiger partial charge on any atom is 0.294 e. The molecule has 0 aromatic carbocycles. The third-order valence-electron chi connectivity index (χ3n) is 2.10. The van der Waals surface area contributed by atoms with E-state index in [1.54, 1.807) is 18.6 Å². The van der Waals surface area contributed by atoms with Gasteiger partial charge >= 0.3 is 0 Å². The second kappa shape index (κ2) is 2.77. The molecule has 0 unspecified atom stereocenters. The molecule has 7 nitrogen and oxygen atoms in total. The molecular formula is C8H6N6O. The summed E-state index contributed by atoms with van der Waals surface area (Å²) in [6.07, 6.45) is 6.28. The van der Waals surface area contributed by atoms with E-state index in [4.69, 9.17) is 0 Å². The molecule has 15 heavy (non-hydrogen) atoms. The molecule has 0 aliphatic rings. The lowest BCUT2D eigenvalue weighted by Crippen LogP contribution is -2.11. The molecule has 74 valence electrons. The van der Waals surface area contributed by atoms with Gasteiger partial charge in [-0.3, -0.25) is 9.89 Å². The van der Waals surface area contributed by atoms with Crippen molar-refractivity contribution in [1.29, 1.82) is 0 Å². The highest BCUT2D eigenvalue weighted by molar-refractivity contribution is 5.60. The van der Waals surface area contributed by atoms with Crippen molar-refractivity contribution in [2.75, 3.05) is 0 Å². The fraction of sp³-hybridized carbons (Fsp3) is 0. The summed E-state index contributed by atoms with van der Waals surface area (Å²) in [7, 11) is 0. The van der Waals surface area contributed by atoms with Gasteiger partial charge in [0.25, 0.3) is 5.56 Å². The number of imidazole rings is 1. The molecule has 0 aliphatic heterocycles. The van der Waals surface area contributed by atoms with Gasteiger partial charge in [0, 0.05) is 11.8 Å². The number of aromatic nitrogens is 6. The minimum Gasteiger partial charge on any atom is -0.308 e. The largest absolute Gasteiger partial charge is 0.308 e. The van der Waals surface area contributed by atoms with Gasteiger partial charge in [-0.25, -0.2) is 9.50 Å². The fourth-order valence-electron chi connectivity index (χ4n) is 1.42. The van der Waals surface area contributed by atoms with Gasteiger partial charge < -0.3 is 4.98 Å². The lowest BCUT2D eigenvalue weighted by molar-refractivity contribution is 0.888. The van der Waals surface area contributed by atoms with Gasteiger partial charge in [0.15, 0.2) is 0 Å². The fourth-order valence-corrected chi connectivity index (χ4v) is 1.42. The average Bonchev–Trinajstić information content (AvgIpc) is 2.85. The Morgan fingerprint density at radius 1 is 1.33 bits per heavy atom. The van der Waals surface area contributed by atoms with E-state index in [0.717, 1.165) is 11.3 Å². The zero-order valence-electron chi connectivity index (χ0n) is 7.51. The third-order valence-corrected chi connectivity index (χ3v) is 2.10. The van der Waals surface area contributed by atoms with Crippen LogP contribution in [0.4, 0.5) is 0 Å². The molecule has 3 aromatic rings. The first kappa shape index (κ1) is 7.92. The highest BCUT2D eigenvalue weighted by Gasteiger charge is 2.09. The number of nitrogens with zero attached hydrogens (tertiary/aromatic N) is 4. The summed E-state index contributed by atoms with van der Waals surface area (Å²) in [5.74, 6) is 0. The lowest BCUT2D eigenvalue weighted by atomic mass is 10.3. The topological polar surface area (TPSA) is 91.7 Å². The Hall–Kier alpha value is -2.44. The first-order valence-electron chi connectivity index (χ1n) is 4.27. The zero-order valence-corrected chi connectivity index (χ0v) is 7.51. The number of nitrogens with one attached hydrogen (secondary N) is 2. The molecule has 0 spiro atoms. The lowest BCUT2D eigenvalue weighted by Gasteiger charge is -1.94. The number of hydrogen-bond donors (Lipinski definition) is 2. The first-order chi connectivity index (χ1) is 7.36. The molecule has 0 aliphatic carbocycles. The Kier molecular flexibility index (Phi) is 1.46. The van der Waals surface area contributed by atoms with Crippen LogP contribution in [0.2, 0.25) is 0 Å². The maximum atomic E-state index is 11.4. The Labute approximate surface area is 82.8 Å². The van der Waals surface area contributed by atoms with Crippen molar-refractivity contribution < 1.29 is 0 Å². The molecule has 0 fully saturated rings. The van der Waals surface area contributed by atoms with Gasteiger partial charge in [-0.05, 0) is 0 Å². The van der Waals surface area contributed by atoms with Crippen LogP contribution in [0.5, 0.6) is 0 Å². The predicted molar refractivity (Wildman–Crippen MR) is 51.2 cm³/mol. The van der Waals surface area contributed by atoms with Crippen LogP contribution >= 0.6 is 0 Å². The minimum absolute atomic E-state index is 0.264. The predicted octanol–water partition coefficient (Wildman–Crippen LogP) is -0.192. The molecule has 0 radical (unpaired) electrons. The summed E-state index contributed by atoms with van der Waals surface area (Å²) in [5, 5.41) is 10.5. The standard InChI is InChI=1S/C8H6N6O/c15-8-7-9-3-6(5-1-11-12-2-5)14(7)13-4-10-8/h1-4H,(H,11,12)(H,10,13,15). The van der Waals surface area contributed by atoms with Gasteiger partial charge in [-0.1, -0.05) is 0 Å². The zero-order chi connectivity index (χ0) is 10.3. The van der Waals surface area contributed by atoms with Crippen molar-refractivity contribution >= 4 is 5.65 Å². The van der Waals surface area contributed by atoms with Crippen molar-refractivity contribution in [2.24, 2.45) is 0 Å². The molecule has 0 bridgehead atoms. The summed E-state index contributed by atoms with van der Waals surface area (Å²) in [5.41, 5.74) is 1.57. The monoisotopic (exact) mass is 202 g/mol. The maximum absolute atomic E-state index is 11.4. The van der Waals surface area contributed by atoms with Crippen LogP contribution in [0.25, 0.3) is 16.9 Å². The van der Waals surface area contributed by atoms with Crippen molar-refractivity contribution in [2.45, 2.75) is 0 Å². The van der Waals surface area contributed by atoms with E-state index < -0.39 is 0 Å². The van der Waals surface area contributed by atoms with Crippen LogP contribution < -0.4 is 5.56 Å². The van der Waals surface area contributed by atoms with E-state index in [2.05, 4.69) is 25.3 Å². The SMILES string of the molecule is O=c1[nH]cnn2c(-c3cn[nH]c3)cnc12. The van der Waals surface area contributed by atoms with Crippen LogP contribution in [0, 0.1) is 0 Å². The van der Waals surface area contributed by atoms with Gasteiger partial charge in [-0.2, -0.15) is 10.2 Å². The first-order valence-corrected chi connectivity index (χ1v) is 4.27. The third kappa shape index (κ3) is 1.06. The molecular weight excluding hydrogens is 196 g/mol. The van der Waals surface area contributed by atoms with Crippen molar-refractivity contribution in [3.63, 3.8) is 0 Å². The van der Waals surface area contributed by atoms with Gasteiger partial charge in [-0.15, -0.1) is 0 Å². The van der Waals surface area contributed by atoms with Crippen molar-refractivity contribution in [1.82, 2.24) is 29.8 Å².